The van der Waals surface area contributed by atoms with Gasteiger partial charge >= 0.3 is 6.03 Å². The Hall–Kier alpha value is -2.08. The summed E-state index contributed by atoms with van der Waals surface area (Å²) in [5, 5.41) is 2.69. The van der Waals surface area contributed by atoms with Gasteiger partial charge in [-0.25, -0.2) is 4.79 Å². The van der Waals surface area contributed by atoms with Crippen LogP contribution in [0.4, 0.5) is 4.79 Å². The second-order valence-corrected chi connectivity index (χ2v) is 5.07. The average Bonchev–Trinajstić information content (AvgIpc) is 2.63. The van der Waals surface area contributed by atoms with Gasteiger partial charge in [0.15, 0.2) is 5.54 Å². The maximum atomic E-state index is 12.5. The summed E-state index contributed by atoms with van der Waals surface area (Å²) >= 11 is 0. The molecule has 3 amide bonds. The van der Waals surface area contributed by atoms with E-state index in [0.29, 0.717) is 11.3 Å². The molecule has 6 nitrogen and oxygen atoms in total. The first-order valence-corrected chi connectivity index (χ1v) is 6.33. The quantitative estimate of drug-likeness (QED) is 0.794. The zero-order chi connectivity index (χ0) is 15.1. The van der Waals surface area contributed by atoms with Crippen molar-refractivity contribution in [2.75, 3.05) is 20.7 Å². The zero-order valence-corrected chi connectivity index (χ0v) is 12.1. The normalized spacial score (nSPS) is 22.1. The van der Waals surface area contributed by atoms with Gasteiger partial charge in [0.25, 0.3) is 5.91 Å². The predicted molar refractivity (Wildman–Crippen MR) is 74.5 cm³/mol. The van der Waals surface area contributed by atoms with Gasteiger partial charge in [-0.15, -0.1) is 0 Å². The zero-order valence-electron chi connectivity index (χ0n) is 12.1. The molecule has 1 aliphatic heterocycles. The highest BCUT2D eigenvalue weighted by Crippen LogP contribution is 2.37. The molecule has 20 heavy (non-hydrogen) atoms. The van der Waals surface area contributed by atoms with E-state index in [-0.39, 0.29) is 12.5 Å². The minimum Gasteiger partial charge on any atom is -0.496 e. The molecule has 2 rings (SSSR count). The van der Waals surface area contributed by atoms with Gasteiger partial charge in [0.1, 0.15) is 5.75 Å². The first kappa shape index (κ1) is 14.3. The Morgan fingerprint density at radius 2 is 2.00 bits per heavy atom. The van der Waals surface area contributed by atoms with Crippen molar-refractivity contribution in [3.63, 3.8) is 0 Å². The van der Waals surface area contributed by atoms with Crippen LogP contribution in [0.15, 0.2) is 12.1 Å². The van der Waals surface area contributed by atoms with Crippen LogP contribution in [0.25, 0.3) is 0 Å². The highest BCUT2D eigenvalue weighted by molar-refractivity contribution is 6.07. The van der Waals surface area contributed by atoms with E-state index >= 15 is 0 Å². The van der Waals surface area contributed by atoms with Crippen molar-refractivity contribution in [1.29, 1.82) is 0 Å². The summed E-state index contributed by atoms with van der Waals surface area (Å²) in [5.41, 5.74) is 7.04. The molecule has 0 aliphatic carbocycles. The van der Waals surface area contributed by atoms with Crippen molar-refractivity contribution >= 4 is 11.9 Å². The second kappa shape index (κ2) is 4.79. The van der Waals surface area contributed by atoms with Gasteiger partial charge in [-0.2, -0.15) is 0 Å². The Kier molecular flexibility index (Phi) is 3.43. The van der Waals surface area contributed by atoms with Crippen molar-refractivity contribution in [3.8, 4) is 5.75 Å². The fourth-order valence-electron chi connectivity index (χ4n) is 2.67. The molecule has 1 atom stereocenters. The summed E-state index contributed by atoms with van der Waals surface area (Å²) in [6, 6.07) is 3.33. The number of carbonyl (C=O) groups is 2. The second-order valence-electron chi connectivity index (χ2n) is 5.07. The highest BCUT2D eigenvalue weighted by atomic mass is 16.5. The third kappa shape index (κ3) is 1.84. The number of nitrogens with two attached hydrogens (primary N) is 1. The summed E-state index contributed by atoms with van der Waals surface area (Å²) in [7, 11) is 2.97. The molecule has 0 bridgehead atoms. The van der Waals surface area contributed by atoms with E-state index in [2.05, 4.69) is 5.32 Å². The third-order valence-electron chi connectivity index (χ3n) is 3.68. The molecule has 1 aliphatic rings. The number of hydrogen-bond acceptors (Lipinski definition) is 4. The van der Waals surface area contributed by atoms with E-state index in [4.69, 9.17) is 10.5 Å². The van der Waals surface area contributed by atoms with Crippen molar-refractivity contribution in [3.05, 3.63) is 28.8 Å². The van der Waals surface area contributed by atoms with E-state index in [1.54, 1.807) is 0 Å². The van der Waals surface area contributed by atoms with Crippen LogP contribution in [0.1, 0.15) is 16.7 Å². The predicted octanol–water partition coefficient (Wildman–Crippen LogP) is 0.648. The van der Waals surface area contributed by atoms with Gasteiger partial charge in [0.05, 0.1) is 7.11 Å². The van der Waals surface area contributed by atoms with E-state index in [1.165, 1.54) is 14.2 Å². The molecule has 1 fully saturated rings. The fourth-order valence-corrected chi connectivity index (χ4v) is 2.67. The van der Waals surface area contributed by atoms with Crippen molar-refractivity contribution < 1.29 is 14.3 Å². The lowest BCUT2D eigenvalue weighted by molar-refractivity contribution is -0.130. The number of rotatable bonds is 3. The molecular formula is C14H19N3O3. The smallest absolute Gasteiger partial charge is 0.325 e. The van der Waals surface area contributed by atoms with Gasteiger partial charge in [-0.3, -0.25) is 9.69 Å². The SMILES string of the molecule is COc1c(C)cc(C)cc1C1(CN)NC(=O)N(C)C1=O. The highest BCUT2D eigenvalue weighted by Gasteiger charge is 2.51. The molecule has 108 valence electrons. The van der Waals surface area contributed by atoms with Crippen LogP contribution in [-0.4, -0.2) is 37.5 Å². The van der Waals surface area contributed by atoms with Crippen LogP contribution in [0, 0.1) is 13.8 Å². The molecule has 6 heteroatoms. The van der Waals surface area contributed by atoms with E-state index in [9.17, 15) is 9.59 Å². The maximum Gasteiger partial charge on any atom is 0.325 e. The first-order valence-electron chi connectivity index (χ1n) is 6.33. The summed E-state index contributed by atoms with van der Waals surface area (Å²) in [6.07, 6.45) is 0. The molecule has 1 aromatic rings. The first-order chi connectivity index (χ1) is 9.37. The molecule has 1 saturated heterocycles. The monoisotopic (exact) mass is 277 g/mol. The Morgan fingerprint density at radius 1 is 1.35 bits per heavy atom. The minimum absolute atomic E-state index is 0.0266. The summed E-state index contributed by atoms with van der Waals surface area (Å²) in [4.78, 5) is 25.3. The van der Waals surface area contributed by atoms with Crippen molar-refractivity contribution in [2.24, 2.45) is 5.73 Å². The molecule has 1 unspecified atom stereocenters. The molecule has 0 saturated carbocycles. The van der Waals surface area contributed by atoms with E-state index < -0.39 is 11.6 Å². The van der Waals surface area contributed by atoms with Gasteiger partial charge in [0.2, 0.25) is 0 Å². The molecule has 0 radical (unpaired) electrons. The van der Waals surface area contributed by atoms with Crippen LogP contribution in [-0.2, 0) is 10.3 Å². The topological polar surface area (TPSA) is 84.7 Å². The lowest BCUT2D eigenvalue weighted by Crippen LogP contribution is -2.50. The number of nitrogens with zero attached hydrogens (tertiary/aromatic N) is 1. The summed E-state index contributed by atoms with van der Waals surface area (Å²) in [6.45, 7) is 3.79. The Bertz CT molecular complexity index is 585. The molecule has 0 aromatic heterocycles. The van der Waals surface area contributed by atoms with Crippen molar-refractivity contribution in [2.45, 2.75) is 19.4 Å². The van der Waals surface area contributed by atoms with Crippen LogP contribution in [0.5, 0.6) is 5.75 Å². The number of carbonyl (C=O) groups excluding carboxylic acids is 2. The number of ether oxygens (including phenoxy) is 1. The maximum absolute atomic E-state index is 12.5. The third-order valence-corrected chi connectivity index (χ3v) is 3.68. The lowest BCUT2D eigenvalue weighted by Gasteiger charge is -2.28. The summed E-state index contributed by atoms with van der Waals surface area (Å²) in [5.74, 6) is 0.207. The average molecular weight is 277 g/mol. The molecule has 1 heterocycles. The van der Waals surface area contributed by atoms with Crippen molar-refractivity contribution in [1.82, 2.24) is 10.2 Å². The van der Waals surface area contributed by atoms with E-state index in [1.807, 2.05) is 26.0 Å². The van der Waals surface area contributed by atoms with Crippen LogP contribution in [0.2, 0.25) is 0 Å². The molecule has 0 spiro atoms. The molecule has 1 aromatic carbocycles. The fraction of sp³-hybridized carbons (Fsp3) is 0.429. The van der Waals surface area contributed by atoms with E-state index in [0.717, 1.165) is 16.0 Å². The minimum atomic E-state index is -1.26. The largest absolute Gasteiger partial charge is 0.496 e. The number of amides is 3. The lowest BCUT2D eigenvalue weighted by atomic mass is 9.86. The Labute approximate surface area is 117 Å². The number of nitrogens with one attached hydrogen (secondary N) is 1. The number of methoxy groups -OCH3 is 1. The Balaban J connectivity index is 2.70. The summed E-state index contributed by atoms with van der Waals surface area (Å²) < 4.78 is 5.41. The van der Waals surface area contributed by atoms with Crippen LogP contribution in [0.3, 0.4) is 0 Å². The number of urea groups is 1. The van der Waals surface area contributed by atoms with Gasteiger partial charge in [0, 0.05) is 19.2 Å². The van der Waals surface area contributed by atoms with Gasteiger partial charge in [-0.1, -0.05) is 11.6 Å². The van der Waals surface area contributed by atoms with Crippen LogP contribution >= 0.6 is 0 Å². The van der Waals surface area contributed by atoms with Gasteiger partial charge in [-0.05, 0) is 25.5 Å². The number of likely N-dealkylation sites (N-methyl/N-ethyl adjacent to an activating group) is 1. The number of benzene rings is 1. The standard InChI is InChI=1S/C14H19N3O3/c1-8-5-9(2)11(20-4)10(6-8)14(7-15)12(18)17(3)13(19)16-14/h5-6H,7,15H2,1-4H3,(H,16,19). The van der Waals surface area contributed by atoms with Crippen LogP contribution < -0.4 is 15.8 Å². The number of hydrogen-bond donors (Lipinski definition) is 2. The Morgan fingerprint density at radius 3 is 2.45 bits per heavy atom. The van der Waals surface area contributed by atoms with Gasteiger partial charge < -0.3 is 15.8 Å². The number of imide groups is 1. The molecule has 3 N–H and O–H groups in total. The molecular weight excluding hydrogens is 258 g/mol. The number of aryl methyl sites for hydroxylation is 2.